The van der Waals surface area contributed by atoms with Gasteiger partial charge in [0.25, 0.3) is 0 Å². The summed E-state index contributed by atoms with van der Waals surface area (Å²) >= 11 is 0. The molecule has 2 unspecified atom stereocenters. The molecule has 2 atom stereocenters. The summed E-state index contributed by atoms with van der Waals surface area (Å²) in [6.45, 7) is 1.90. The van der Waals surface area contributed by atoms with Gasteiger partial charge in [-0.05, 0) is 47.7 Å². The van der Waals surface area contributed by atoms with Gasteiger partial charge in [-0.15, -0.1) is 0 Å². The highest BCUT2D eigenvalue weighted by atomic mass is 16.5. The number of amidine groups is 1. The zero-order chi connectivity index (χ0) is 24.3. The monoisotopic (exact) mass is 452 g/mol. The van der Waals surface area contributed by atoms with Crippen molar-refractivity contribution in [3.05, 3.63) is 95.1 Å². The van der Waals surface area contributed by atoms with Crippen molar-refractivity contribution in [3.8, 4) is 17.2 Å². The number of carbonyl (C=O) groups is 2. The van der Waals surface area contributed by atoms with Gasteiger partial charge in [0.2, 0.25) is 5.91 Å². The van der Waals surface area contributed by atoms with E-state index in [4.69, 9.17) is 16.2 Å². The van der Waals surface area contributed by atoms with Gasteiger partial charge in [0.15, 0.2) is 0 Å². The average Bonchev–Trinajstić information content (AvgIpc) is 3.62. The van der Waals surface area contributed by atoms with Crippen molar-refractivity contribution in [1.82, 2.24) is 0 Å². The molecule has 4 N–H and O–H groups in total. The van der Waals surface area contributed by atoms with Crippen LogP contribution >= 0.6 is 0 Å². The minimum Gasteiger partial charge on any atom is -0.448 e. The molecule has 0 saturated heterocycles. The fourth-order valence-electron chi connectivity index (χ4n) is 4.41. The number of nitrogens with zero attached hydrogens (tertiary/aromatic N) is 2. The minimum atomic E-state index is -0.834. The van der Waals surface area contributed by atoms with Crippen LogP contribution in [0.4, 0.5) is 4.79 Å². The quantitative estimate of drug-likeness (QED) is 0.431. The number of nitriles is 1. The van der Waals surface area contributed by atoms with Crippen LogP contribution in [-0.4, -0.2) is 24.4 Å². The predicted octanol–water partition coefficient (Wildman–Crippen LogP) is 4.00. The predicted molar refractivity (Wildman–Crippen MR) is 129 cm³/mol. The van der Waals surface area contributed by atoms with Gasteiger partial charge in [-0.1, -0.05) is 60.7 Å². The van der Waals surface area contributed by atoms with E-state index >= 15 is 0 Å². The molecule has 0 heterocycles. The number of primary amides is 1. The van der Waals surface area contributed by atoms with Crippen LogP contribution in [0, 0.1) is 11.3 Å². The molecule has 1 saturated carbocycles. The number of benzene rings is 3. The van der Waals surface area contributed by atoms with Crippen LogP contribution in [0.25, 0.3) is 11.1 Å². The normalized spacial score (nSPS) is 19.2. The Hall–Kier alpha value is -4.44. The molecule has 4 rings (SSSR count). The van der Waals surface area contributed by atoms with Crippen molar-refractivity contribution in [2.75, 3.05) is 6.61 Å². The van der Waals surface area contributed by atoms with Gasteiger partial charge in [0.05, 0.1) is 23.7 Å². The van der Waals surface area contributed by atoms with E-state index in [1.807, 2.05) is 60.7 Å². The van der Waals surface area contributed by atoms with E-state index in [9.17, 15) is 14.9 Å². The van der Waals surface area contributed by atoms with Gasteiger partial charge in [-0.3, -0.25) is 4.79 Å². The van der Waals surface area contributed by atoms with E-state index in [-0.39, 0.29) is 18.4 Å². The Bertz CT molecular complexity index is 1320. The van der Waals surface area contributed by atoms with Crippen LogP contribution in [-0.2, 0) is 14.9 Å². The first-order chi connectivity index (χ1) is 16.4. The van der Waals surface area contributed by atoms with E-state index < -0.39 is 17.4 Å². The second kappa shape index (κ2) is 9.20. The zero-order valence-electron chi connectivity index (χ0n) is 18.7. The maximum absolute atomic E-state index is 12.6. The van der Waals surface area contributed by atoms with Crippen molar-refractivity contribution in [2.45, 2.75) is 24.7 Å². The molecule has 1 aliphatic rings. The summed E-state index contributed by atoms with van der Waals surface area (Å²) in [5.41, 5.74) is 15.6. The number of amides is 2. The molecule has 1 aliphatic carbocycles. The van der Waals surface area contributed by atoms with Crippen molar-refractivity contribution >= 4 is 17.8 Å². The highest BCUT2D eigenvalue weighted by Crippen LogP contribution is 2.60. The molecule has 2 amide bonds. The molecular weight excluding hydrogens is 428 g/mol. The van der Waals surface area contributed by atoms with E-state index in [1.54, 1.807) is 19.1 Å². The topological polar surface area (TPSA) is 132 Å². The lowest BCUT2D eigenvalue weighted by Crippen LogP contribution is -2.30. The minimum absolute atomic E-state index is 0.0473. The van der Waals surface area contributed by atoms with E-state index in [0.29, 0.717) is 17.5 Å². The Labute approximate surface area is 197 Å². The lowest BCUT2D eigenvalue weighted by atomic mass is 9.88. The fraction of sp³-hybridized carbons (Fsp3) is 0.185. The largest absolute Gasteiger partial charge is 0.448 e. The molecule has 0 aromatic heterocycles. The van der Waals surface area contributed by atoms with Crippen molar-refractivity contribution in [3.63, 3.8) is 0 Å². The molecule has 3 aromatic carbocycles. The number of hydrogen-bond donors (Lipinski definition) is 2. The Balaban J connectivity index is 1.63. The SMILES string of the molecule is CCOC(=O)N=C(N)c1cccc(C2CC2(C(N)=O)c2ccc(-c3ccccc3C#N)cc2)c1. The molecule has 3 aromatic rings. The summed E-state index contributed by atoms with van der Waals surface area (Å²) in [6, 6.07) is 24.5. The fourth-order valence-corrected chi connectivity index (χ4v) is 4.41. The van der Waals surface area contributed by atoms with Gasteiger partial charge >= 0.3 is 6.09 Å². The molecule has 1 fully saturated rings. The molecule has 7 heteroatoms. The van der Waals surface area contributed by atoms with Crippen molar-refractivity contribution in [1.29, 1.82) is 5.26 Å². The second-order valence-electron chi connectivity index (χ2n) is 8.15. The van der Waals surface area contributed by atoms with Crippen LogP contribution in [0.5, 0.6) is 0 Å². The standard InChI is InChI=1S/C27H24N4O3/c1-2-34-26(33)31-24(29)19-8-5-7-18(14-19)23-15-27(23,25(30)32)21-12-10-17(11-13-21)22-9-4-3-6-20(22)16-28/h3-14,23H,2,15H2,1H3,(H2,30,32)(H2,29,31,33). The molecule has 34 heavy (non-hydrogen) atoms. The van der Waals surface area contributed by atoms with Crippen LogP contribution in [0.3, 0.4) is 0 Å². The zero-order valence-corrected chi connectivity index (χ0v) is 18.7. The van der Waals surface area contributed by atoms with E-state index in [0.717, 1.165) is 22.3 Å². The Morgan fingerprint density at radius 3 is 2.50 bits per heavy atom. The summed E-state index contributed by atoms with van der Waals surface area (Å²) in [4.78, 5) is 28.0. The summed E-state index contributed by atoms with van der Waals surface area (Å²) in [7, 11) is 0. The van der Waals surface area contributed by atoms with Crippen LogP contribution in [0.15, 0.2) is 77.8 Å². The molecule has 0 bridgehead atoms. The van der Waals surface area contributed by atoms with E-state index in [1.165, 1.54) is 0 Å². The Morgan fingerprint density at radius 1 is 1.09 bits per heavy atom. The number of hydrogen-bond acceptors (Lipinski definition) is 4. The first-order valence-electron chi connectivity index (χ1n) is 10.9. The second-order valence-corrected chi connectivity index (χ2v) is 8.15. The number of carbonyl (C=O) groups excluding carboxylic acids is 2. The number of nitrogens with two attached hydrogens (primary N) is 2. The number of aliphatic imine (C=N–C) groups is 1. The molecular formula is C27H24N4O3. The highest BCUT2D eigenvalue weighted by Gasteiger charge is 2.60. The lowest BCUT2D eigenvalue weighted by Gasteiger charge is -2.16. The first-order valence-corrected chi connectivity index (χ1v) is 10.9. The number of rotatable bonds is 6. The third-order valence-electron chi connectivity index (χ3n) is 6.22. The molecule has 0 spiro atoms. The average molecular weight is 453 g/mol. The maximum Gasteiger partial charge on any atom is 0.435 e. The smallest absolute Gasteiger partial charge is 0.435 e. The van der Waals surface area contributed by atoms with Crippen molar-refractivity contribution < 1.29 is 14.3 Å². The number of ether oxygens (including phenoxy) is 1. The summed E-state index contributed by atoms with van der Waals surface area (Å²) in [5, 5.41) is 9.39. The van der Waals surface area contributed by atoms with Gasteiger partial charge in [0.1, 0.15) is 5.84 Å². The summed E-state index contributed by atoms with van der Waals surface area (Å²) in [5.74, 6) is -0.482. The van der Waals surface area contributed by atoms with Crippen LogP contribution in [0.1, 0.15) is 41.5 Å². The third kappa shape index (κ3) is 4.14. The van der Waals surface area contributed by atoms with Gasteiger partial charge in [0, 0.05) is 11.5 Å². The summed E-state index contributed by atoms with van der Waals surface area (Å²) < 4.78 is 4.82. The van der Waals surface area contributed by atoms with Crippen molar-refractivity contribution in [2.24, 2.45) is 16.5 Å². The first kappa shape index (κ1) is 22.7. The highest BCUT2D eigenvalue weighted by molar-refractivity contribution is 6.03. The lowest BCUT2D eigenvalue weighted by molar-refractivity contribution is -0.120. The molecule has 0 aliphatic heterocycles. The maximum atomic E-state index is 12.6. The Kier molecular flexibility index (Phi) is 6.15. The van der Waals surface area contributed by atoms with Gasteiger partial charge < -0.3 is 16.2 Å². The molecule has 0 radical (unpaired) electrons. The van der Waals surface area contributed by atoms with Crippen LogP contribution in [0.2, 0.25) is 0 Å². The van der Waals surface area contributed by atoms with E-state index in [2.05, 4.69) is 11.1 Å². The summed E-state index contributed by atoms with van der Waals surface area (Å²) in [6.07, 6.45) is -0.184. The van der Waals surface area contributed by atoms with Gasteiger partial charge in [-0.2, -0.15) is 10.3 Å². The molecule has 170 valence electrons. The third-order valence-corrected chi connectivity index (χ3v) is 6.22. The van der Waals surface area contributed by atoms with Crippen LogP contribution < -0.4 is 11.5 Å². The molecule has 7 nitrogen and oxygen atoms in total. The van der Waals surface area contributed by atoms with Gasteiger partial charge in [-0.25, -0.2) is 4.79 Å². The Morgan fingerprint density at radius 2 is 1.82 bits per heavy atom.